The van der Waals surface area contributed by atoms with Gasteiger partial charge in [-0.05, 0) is 0 Å². The predicted octanol–water partition coefficient (Wildman–Crippen LogP) is 18.1. The van der Waals surface area contributed by atoms with Gasteiger partial charge in [0, 0.05) is 0 Å². The average Bonchev–Trinajstić information content (AvgIpc) is 3.62. The van der Waals surface area contributed by atoms with Crippen LogP contribution in [-0.4, -0.2) is 0 Å². The summed E-state index contributed by atoms with van der Waals surface area (Å²) in [6, 6.07) is 10.7. The van der Waals surface area contributed by atoms with E-state index in [0.717, 1.165) is 0 Å². The van der Waals surface area contributed by atoms with E-state index >= 15 is 0 Å². The van der Waals surface area contributed by atoms with Gasteiger partial charge in [0.05, 0.1) is 0 Å². The number of hydrogen-bond acceptors (Lipinski definition) is 0. The summed E-state index contributed by atoms with van der Waals surface area (Å²) in [4.78, 5) is 0. The Hall–Kier alpha value is -0.651. The van der Waals surface area contributed by atoms with Crippen LogP contribution >= 0.6 is 0 Å². The molecule has 0 bridgehead atoms. The van der Waals surface area contributed by atoms with Gasteiger partial charge < -0.3 is 0 Å². The summed E-state index contributed by atoms with van der Waals surface area (Å²) in [6.07, 6.45) is 16.4. The van der Waals surface area contributed by atoms with E-state index in [1.54, 1.807) is 74.6 Å². The van der Waals surface area contributed by atoms with Crippen LogP contribution < -0.4 is 0 Å². The van der Waals surface area contributed by atoms with Crippen LogP contribution in [0.1, 0.15) is 239 Å². The molecule has 0 amide bonds. The Labute approximate surface area is 338 Å². The summed E-state index contributed by atoms with van der Waals surface area (Å²) in [5.41, 5.74) is 16.7. The second-order valence-corrected chi connectivity index (χ2v) is 37.1. The van der Waals surface area contributed by atoms with E-state index < -0.39 is 33.2 Å². The van der Waals surface area contributed by atoms with E-state index in [1.807, 2.05) is 0 Å². The molecule has 0 fully saturated rings. The first kappa shape index (κ1) is 45.1. The van der Waals surface area contributed by atoms with Gasteiger partial charge in [0.25, 0.3) is 0 Å². The van der Waals surface area contributed by atoms with Gasteiger partial charge in [-0.2, -0.15) is 0 Å². The van der Waals surface area contributed by atoms with E-state index in [0.29, 0.717) is 34.1 Å². The van der Waals surface area contributed by atoms with Crippen molar-refractivity contribution in [2.75, 3.05) is 0 Å². The summed E-state index contributed by atoms with van der Waals surface area (Å²) in [5.74, 6) is 2.20. The van der Waals surface area contributed by atoms with Crippen molar-refractivity contribution in [2.24, 2.45) is 0 Å². The summed E-state index contributed by atoms with van der Waals surface area (Å²) in [7, 11) is 0. The monoisotopic (exact) mass is 793 g/mol. The zero-order valence-corrected chi connectivity index (χ0v) is 41.0. The van der Waals surface area contributed by atoms with Crippen LogP contribution in [0.3, 0.4) is 0 Å². The number of benzene rings is 2. The fraction of sp³-hybridized carbons (Fsp3) is 0.686. The molecule has 2 aliphatic rings. The fourth-order valence-corrected chi connectivity index (χ4v) is 45.2. The second-order valence-electron chi connectivity index (χ2n) is 19.8. The normalized spacial score (nSPS) is 17.7. The summed E-state index contributed by atoms with van der Waals surface area (Å²) in [5, 5.41) is 0. The van der Waals surface area contributed by atoms with E-state index in [-0.39, 0.29) is 0 Å². The third kappa shape index (κ3) is 8.49. The molecule has 0 heterocycles. The molecule has 2 heteroatoms. The first-order valence-electron chi connectivity index (χ1n) is 22.7. The fourth-order valence-electron chi connectivity index (χ4n) is 11.7. The van der Waals surface area contributed by atoms with Crippen molar-refractivity contribution in [3.05, 3.63) is 79.9 Å². The molecule has 0 spiro atoms. The number of allylic oxidation sites excluding steroid dienone is 2. The number of fused-ring (bicyclic) bond motifs is 2. The molecular formula is C51H84Ti2. The van der Waals surface area contributed by atoms with Crippen LogP contribution in [0.2, 0.25) is 20.9 Å². The van der Waals surface area contributed by atoms with Crippen molar-refractivity contribution in [1.29, 1.82) is 0 Å². The molecule has 2 atom stereocenters. The summed E-state index contributed by atoms with van der Waals surface area (Å²) in [6.45, 7) is 40.7. The van der Waals surface area contributed by atoms with Crippen LogP contribution in [0, 0.1) is 0 Å². The molecule has 2 unspecified atom stereocenters. The van der Waals surface area contributed by atoms with Gasteiger partial charge in [-0.25, -0.2) is 0 Å². The van der Waals surface area contributed by atoms with Gasteiger partial charge in [0.2, 0.25) is 0 Å². The molecule has 2 aliphatic carbocycles. The second kappa shape index (κ2) is 18.7. The summed E-state index contributed by atoms with van der Waals surface area (Å²) < 4.78 is 7.96. The van der Waals surface area contributed by atoms with Gasteiger partial charge in [0.1, 0.15) is 0 Å². The summed E-state index contributed by atoms with van der Waals surface area (Å²) >= 11 is -5.82. The average molecular weight is 793 g/mol. The molecule has 53 heavy (non-hydrogen) atoms. The van der Waals surface area contributed by atoms with E-state index in [1.165, 1.54) is 51.4 Å². The van der Waals surface area contributed by atoms with Gasteiger partial charge >= 0.3 is 340 Å². The third-order valence-corrected chi connectivity index (χ3v) is 42.7. The van der Waals surface area contributed by atoms with Crippen molar-refractivity contribution >= 4 is 12.2 Å². The van der Waals surface area contributed by atoms with Crippen LogP contribution in [0.15, 0.2) is 35.4 Å². The molecule has 0 aromatic heterocycles. The zero-order chi connectivity index (χ0) is 39.5. The van der Waals surface area contributed by atoms with E-state index in [4.69, 9.17) is 0 Å². The van der Waals surface area contributed by atoms with Crippen molar-refractivity contribution in [3.8, 4) is 0 Å². The zero-order valence-electron chi connectivity index (χ0n) is 37.9. The molecule has 4 rings (SSSR count). The van der Waals surface area contributed by atoms with Gasteiger partial charge in [0.15, 0.2) is 0 Å². The Morgan fingerprint density at radius 1 is 0.491 bits per heavy atom. The maximum absolute atomic E-state index is 3.01. The molecule has 0 radical (unpaired) electrons. The van der Waals surface area contributed by atoms with Gasteiger partial charge in [-0.1, -0.05) is 0 Å². The Bertz CT molecular complexity index is 1460. The topological polar surface area (TPSA) is 0 Å². The molecule has 296 valence electrons. The van der Waals surface area contributed by atoms with Crippen molar-refractivity contribution in [1.82, 2.24) is 0 Å². The van der Waals surface area contributed by atoms with Crippen LogP contribution in [0.5, 0.6) is 0 Å². The standard InChI is InChI=1S/2C16H21.4C4H9.C3H6.2Ti/c2*1-10(2)13-8-14-6-12(5)7-16(14)15(9-13)11(3)4;4*1-3-4-2;1-3-2;;/h2*6-11H,1-5H3;4*1,3-4H2,2H3;1-2H3;;. The first-order chi connectivity index (χ1) is 25.0. The quantitative estimate of drug-likeness (QED) is 0.117. The molecule has 0 aliphatic heterocycles. The third-order valence-electron chi connectivity index (χ3n) is 14.9. The minimum absolute atomic E-state index is 0.440. The molecule has 0 saturated carbocycles. The van der Waals surface area contributed by atoms with Crippen molar-refractivity contribution in [3.63, 3.8) is 0 Å². The van der Waals surface area contributed by atoms with E-state index in [9.17, 15) is 0 Å². The minimum atomic E-state index is -2.91. The predicted molar refractivity (Wildman–Crippen MR) is 235 cm³/mol. The molecule has 0 saturated heterocycles. The van der Waals surface area contributed by atoms with Crippen molar-refractivity contribution < 1.29 is 33.2 Å². The molecule has 2 aromatic rings. The van der Waals surface area contributed by atoms with Crippen molar-refractivity contribution in [2.45, 2.75) is 215 Å². The Morgan fingerprint density at radius 2 is 0.792 bits per heavy atom. The van der Waals surface area contributed by atoms with Crippen LogP contribution in [0.4, 0.5) is 0 Å². The number of hydrogen-bond donors (Lipinski definition) is 0. The molecule has 0 nitrogen and oxygen atoms in total. The Kier molecular flexibility index (Phi) is 15.9. The van der Waals surface area contributed by atoms with Gasteiger partial charge in [-0.15, -0.1) is 0 Å². The maximum atomic E-state index is 3.01. The van der Waals surface area contributed by atoms with Crippen LogP contribution in [-0.2, 0) is 33.2 Å². The van der Waals surface area contributed by atoms with E-state index in [2.05, 4.69) is 147 Å². The molecule has 2 aromatic carbocycles. The first-order valence-corrected chi connectivity index (χ1v) is 30.5. The molecule has 0 N–H and O–H groups in total. The Balaban J connectivity index is 2.18. The number of rotatable bonds is 20. The van der Waals surface area contributed by atoms with Crippen LogP contribution in [0.25, 0.3) is 12.2 Å². The SMILES string of the molecule is CCC[CH2][Ti]([CH2]CCC)([CH]1C(C)=Cc2c(C(C)C)cc(C(C)C)cc21)[C](C)(C)[Ti]([CH2]CCC)([CH2]CCC)[CH]1C(C)=Cc2c(C(C)C)cc(C(C)C)cc21. The molecular weight excluding hydrogens is 708 g/mol. The number of unbranched alkanes of at least 4 members (excludes halogenated alkanes) is 4. The Morgan fingerprint density at radius 3 is 1.04 bits per heavy atom. The van der Waals surface area contributed by atoms with Gasteiger partial charge in [-0.3, -0.25) is 0 Å².